The van der Waals surface area contributed by atoms with Crippen LogP contribution in [0, 0.1) is 0 Å². The third-order valence-corrected chi connectivity index (χ3v) is 3.94. The Balaban J connectivity index is 1.98. The van der Waals surface area contributed by atoms with Gasteiger partial charge in [0.25, 0.3) is 0 Å². The number of carbonyl (C=O) groups is 1. The molecule has 0 bridgehead atoms. The molecule has 0 aliphatic carbocycles. The molecule has 0 amide bonds. The molecule has 0 saturated carbocycles. The van der Waals surface area contributed by atoms with E-state index in [0.717, 1.165) is 22.6 Å². The maximum absolute atomic E-state index is 11.7. The highest BCUT2D eigenvalue weighted by molar-refractivity contribution is 6.26. The van der Waals surface area contributed by atoms with Gasteiger partial charge in [-0.3, -0.25) is 0 Å². The summed E-state index contributed by atoms with van der Waals surface area (Å²) in [6.45, 7) is 3.67. The van der Waals surface area contributed by atoms with Crippen LogP contribution in [0.4, 0.5) is 0 Å². The van der Waals surface area contributed by atoms with E-state index in [2.05, 4.69) is 0 Å². The highest BCUT2D eigenvalue weighted by Crippen LogP contribution is 2.37. The van der Waals surface area contributed by atoms with E-state index in [4.69, 9.17) is 25.5 Å². The average molecular weight is 335 g/mol. The molecule has 0 N–H and O–H groups in total. The second-order valence-corrected chi connectivity index (χ2v) is 6.13. The van der Waals surface area contributed by atoms with E-state index in [0.29, 0.717) is 17.8 Å². The second kappa shape index (κ2) is 5.74. The first-order chi connectivity index (χ1) is 10.9. The molecule has 0 spiro atoms. The lowest BCUT2D eigenvalue weighted by atomic mass is 9.90. The number of rotatable bonds is 2. The van der Waals surface area contributed by atoms with Crippen LogP contribution in [-0.2, 0) is 16.0 Å². The third kappa shape index (κ3) is 3.10. The summed E-state index contributed by atoms with van der Waals surface area (Å²) in [5, 5.41) is 0.789. The van der Waals surface area contributed by atoms with Gasteiger partial charge in [0.1, 0.15) is 23.0 Å². The zero-order valence-corrected chi connectivity index (χ0v) is 13.4. The molecule has 0 radical (unpaired) electrons. The van der Waals surface area contributed by atoms with Crippen molar-refractivity contribution in [1.82, 2.24) is 0 Å². The van der Waals surface area contributed by atoms with Gasteiger partial charge in [-0.2, -0.15) is 0 Å². The van der Waals surface area contributed by atoms with Crippen LogP contribution >= 0.6 is 11.6 Å². The molecule has 0 saturated heterocycles. The zero-order valence-electron chi connectivity index (χ0n) is 12.7. The molecule has 1 aliphatic rings. The van der Waals surface area contributed by atoms with Crippen LogP contribution in [0.1, 0.15) is 19.4 Å². The first-order valence-corrected chi connectivity index (χ1v) is 7.56. The topological polar surface area (TPSA) is 65.7 Å². The molecule has 1 aromatic heterocycles. The molecule has 1 aromatic carbocycles. The predicted molar refractivity (Wildman–Crippen MR) is 85.8 cm³/mol. The predicted octanol–water partition coefficient (Wildman–Crippen LogP) is 3.17. The third-order valence-electron chi connectivity index (χ3n) is 3.81. The maximum Gasteiger partial charge on any atom is 0.336 e. The fourth-order valence-corrected chi connectivity index (χ4v) is 2.71. The minimum Gasteiger partial charge on any atom is -0.484 e. The Labute approximate surface area is 137 Å². The van der Waals surface area contributed by atoms with E-state index in [9.17, 15) is 9.59 Å². The van der Waals surface area contributed by atoms with Crippen LogP contribution < -0.4 is 10.4 Å². The molecule has 2 heterocycles. The Hall–Kier alpha value is -2.27. The molecular weight excluding hydrogens is 320 g/mol. The molecule has 3 rings (SSSR count). The number of carbonyl (C=O) groups excluding carboxylic acids is 1. The van der Waals surface area contributed by atoms with Gasteiger partial charge in [-0.25, -0.2) is 9.59 Å². The Bertz CT molecular complexity index is 850. The second-order valence-electron chi connectivity index (χ2n) is 5.88. The number of benzene rings is 1. The Kier molecular flexibility index (Phi) is 3.90. The molecule has 1 aliphatic heterocycles. The molecule has 2 aromatic rings. The van der Waals surface area contributed by atoms with Crippen molar-refractivity contribution in [2.75, 3.05) is 0 Å². The fraction of sp³-hybridized carbons (Fsp3) is 0.294. The van der Waals surface area contributed by atoms with Crippen LogP contribution in [-0.4, -0.2) is 17.7 Å². The van der Waals surface area contributed by atoms with Gasteiger partial charge >= 0.3 is 11.6 Å². The number of fused-ring (bicyclic) bond motifs is 2. The van der Waals surface area contributed by atoms with Crippen LogP contribution in [0.2, 0.25) is 0 Å². The average Bonchev–Trinajstić information content (AvgIpc) is 2.46. The van der Waals surface area contributed by atoms with Crippen molar-refractivity contribution >= 4 is 28.5 Å². The van der Waals surface area contributed by atoms with Crippen molar-refractivity contribution in [2.24, 2.45) is 0 Å². The monoisotopic (exact) mass is 334 g/mol. The SMILES string of the molecule is CC1(C)Oc2cc3oc(=O)ccc3cc2C[C@@H]1OC(=O)/C=C\Cl. The lowest BCUT2D eigenvalue weighted by Gasteiger charge is -2.39. The molecule has 0 unspecified atom stereocenters. The van der Waals surface area contributed by atoms with Gasteiger partial charge in [0.15, 0.2) is 0 Å². The molecule has 23 heavy (non-hydrogen) atoms. The Morgan fingerprint density at radius 1 is 1.39 bits per heavy atom. The summed E-state index contributed by atoms with van der Waals surface area (Å²) in [6, 6.07) is 6.63. The van der Waals surface area contributed by atoms with Gasteiger partial charge in [0.05, 0.1) is 0 Å². The Morgan fingerprint density at radius 2 is 2.17 bits per heavy atom. The van der Waals surface area contributed by atoms with E-state index in [1.165, 1.54) is 6.07 Å². The van der Waals surface area contributed by atoms with Gasteiger partial charge in [0, 0.05) is 35.6 Å². The molecule has 120 valence electrons. The summed E-state index contributed by atoms with van der Waals surface area (Å²) >= 11 is 5.40. The van der Waals surface area contributed by atoms with E-state index in [-0.39, 0.29) is 0 Å². The largest absolute Gasteiger partial charge is 0.484 e. The molecule has 6 heteroatoms. The quantitative estimate of drug-likeness (QED) is 0.479. The minimum atomic E-state index is -0.717. The van der Waals surface area contributed by atoms with Crippen molar-refractivity contribution in [3.8, 4) is 5.75 Å². The van der Waals surface area contributed by atoms with E-state index < -0.39 is 23.3 Å². The summed E-state index contributed by atoms with van der Waals surface area (Å²) in [5.74, 6) is 0.106. The number of esters is 1. The van der Waals surface area contributed by atoms with E-state index in [1.807, 2.05) is 19.9 Å². The lowest BCUT2D eigenvalue weighted by molar-refractivity contribution is -0.155. The lowest BCUT2D eigenvalue weighted by Crippen LogP contribution is -2.48. The summed E-state index contributed by atoms with van der Waals surface area (Å²) in [5.41, 5.74) is 1.34. The van der Waals surface area contributed by atoms with Crippen LogP contribution in [0.15, 0.2) is 45.1 Å². The zero-order chi connectivity index (χ0) is 16.6. The van der Waals surface area contributed by atoms with Gasteiger partial charge in [-0.1, -0.05) is 11.6 Å². The molecule has 1 atom stereocenters. The summed E-state index contributed by atoms with van der Waals surface area (Å²) in [7, 11) is 0. The van der Waals surface area contributed by atoms with Crippen molar-refractivity contribution in [3.63, 3.8) is 0 Å². The fourth-order valence-electron chi connectivity index (χ4n) is 2.61. The number of ether oxygens (including phenoxy) is 2. The Morgan fingerprint density at radius 3 is 2.91 bits per heavy atom. The van der Waals surface area contributed by atoms with Crippen LogP contribution in [0.25, 0.3) is 11.0 Å². The maximum atomic E-state index is 11.7. The molecule has 5 nitrogen and oxygen atoms in total. The number of hydrogen-bond donors (Lipinski definition) is 0. The molecule has 0 fully saturated rings. The smallest absolute Gasteiger partial charge is 0.336 e. The van der Waals surface area contributed by atoms with Crippen molar-refractivity contribution < 1.29 is 18.7 Å². The van der Waals surface area contributed by atoms with Gasteiger partial charge in [0.2, 0.25) is 0 Å². The van der Waals surface area contributed by atoms with E-state index >= 15 is 0 Å². The summed E-state index contributed by atoms with van der Waals surface area (Å²) < 4.78 is 16.6. The highest BCUT2D eigenvalue weighted by Gasteiger charge is 2.39. The minimum absolute atomic E-state index is 0.410. The van der Waals surface area contributed by atoms with Gasteiger partial charge in [-0.15, -0.1) is 0 Å². The molecular formula is C17H15ClO5. The number of hydrogen-bond acceptors (Lipinski definition) is 5. The number of halogens is 1. The van der Waals surface area contributed by atoms with Crippen LogP contribution in [0.5, 0.6) is 5.75 Å². The van der Waals surface area contributed by atoms with Crippen molar-refractivity contribution in [3.05, 3.63) is 51.9 Å². The highest BCUT2D eigenvalue weighted by atomic mass is 35.5. The van der Waals surface area contributed by atoms with Gasteiger partial charge < -0.3 is 13.9 Å². The van der Waals surface area contributed by atoms with Crippen molar-refractivity contribution in [1.29, 1.82) is 0 Å². The first-order valence-electron chi connectivity index (χ1n) is 7.12. The van der Waals surface area contributed by atoms with Crippen LogP contribution in [0.3, 0.4) is 0 Å². The van der Waals surface area contributed by atoms with Crippen molar-refractivity contribution in [2.45, 2.75) is 32.0 Å². The van der Waals surface area contributed by atoms with Gasteiger partial charge in [-0.05, 0) is 31.5 Å². The van der Waals surface area contributed by atoms with E-state index in [1.54, 1.807) is 12.1 Å². The summed E-state index contributed by atoms with van der Waals surface area (Å²) in [4.78, 5) is 23.0. The summed E-state index contributed by atoms with van der Waals surface area (Å²) in [6.07, 6.45) is 1.20. The standard InChI is InChI=1S/C17H15ClO5/c1-17(2)14(22-16(20)5-6-18)8-11-7-10-3-4-15(19)21-12(10)9-13(11)23-17/h3-7,9,14H,8H2,1-2H3/b6-5-/t14-/m0/s1. The first kappa shape index (κ1) is 15.6. The normalized spacial score (nSPS) is 19.3.